The van der Waals surface area contributed by atoms with Gasteiger partial charge in [-0.2, -0.15) is 0 Å². The molecule has 33 heavy (non-hydrogen) atoms. The number of fused-ring (bicyclic) bond motifs is 1. The zero-order chi connectivity index (χ0) is 23.2. The zero-order valence-electron chi connectivity index (χ0n) is 19.0. The van der Waals surface area contributed by atoms with Crippen LogP contribution in [0, 0.1) is 6.92 Å². The summed E-state index contributed by atoms with van der Waals surface area (Å²) in [5.74, 6) is 2.31. The van der Waals surface area contributed by atoms with E-state index in [9.17, 15) is 9.59 Å². The number of benzene rings is 2. The van der Waals surface area contributed by atoms with Gasteiger partial charge in [0.25, 0.3) is 5.91 Å². The van der Waals surface area contributed by atoms with E-state index < -0.39 is 0 Å². The van der Waals surface area contributed by atoms with E-state index in [1.165, 1.54) is 0 Å². The Bertz CT molecular complexity index is 1110. The molecule has 0 aliphatic carbocycles. The van der Waals surface area contributed by atoms with Gasteiger partial charge in [-0.1, -0.05) is 37.3 Å². The first kappa shape index (κ1) is 22.5. The molecule has 0 N–H and O–H groups in total. The minimum absolute atomic E-state index is 0.0202. The first-order valence-electron chi connectivity index (χ1n) is 11.1. The third kappa shape index (κ3) is 5.55. The van der Waals surface area contributed by atoms with Crippen LogP contribution in [-0.2, 0) is 17.9 Å². The van der Waals surface area contributed by atoms with Crippen molar-refractivity contribution in [1.82, 2.24) is 9.80 Å². The highest BCUT2D eigenvalue weighted by Gasteiger charge is 2.24. The maximum absolute atomic E-state index is 13.4. The molecule has 172 valence electrons. The lowest BCUT2D eigenvalue weighted by atomic mass is 10.1. The number of aryl methyl sites for hydroxylation is 1. The van der Waals surface area contributed by atoms with E-state index >= 15 is 0 Å². The van der Waals surface area contributed by atoms with Gasteiger partial charge in [-0.05, 0) is 49.2 Å². The van der Waals surface area contributed by atoms with Gasteiger partial charge in [-0.3, -0.25) is 9.59 Å². The van der Waals surface area contributed by atoms with Gasteiger partial charge in [-0.15, -0.1) is 0 Å². The molecule has 0 saturated heterocycles. The van der Waals surface area contributed by atoms with Crippen molar-refractivity contribution in [2.45, 2.75) is 33.4 Å². The smallest absolute Gasteiger partial charge is 0.254 e. The van der Waals surface area contributed by atoms with E-state index in [0.717, 1.165) is 17.7 Å². The van der Waals surface area contributed by atoms with Crippen LogP contribution in [0.15, 0.2) is 65.1 Å². The number of hydrogen-bond donors (Lipinski definition) is 0. The lowest BCUT2D eigenvalue weighted by Gasteiger charge is -2.27. The Labute approximate surface area is 193 Å². The van der Waals surface area contributed by atoms with Crippen LogP contribution in [0.25, 0.3) is 0 Å². The fourth-order valence-corrected chi connectivity index (χ4v) is 3.79. The largest absolute Gasteiger partial charge is 0.464 e. The second kappa shape index (κ2) is 10.3. The van der Waals surface area contributed by atoms with Gasteiger partial charge in [0, 0.05) is 18.7 Å². The minimum Gasteiger partial charge on any atom is -0.464 e. The van der Waals surface area contributed by atoms with Gasteiger partial charge in [0.2, 0.25) is 12.7 Å². The number of carbonyl (C=O) groups excluding carboxylic acids is 2. The van der Waals surface area contributed by atoms with E-state index in [4.69, 9.17) is 13.9 Å². The average molecular weight is 449 g/mol. The van der Waals surface area contributed by atoms with Crippen molar-refractivity contribution in [1.29, 1.82) is 0 Å². The van der Waals surface area contributed by atoms with Crippen LogP contribution >= 0.6 is 0 Å². The first-order valence-corrected chi connectivity index (χ1v) is 11.1. The number of carbonyl (C=O) groups is 2. The zero-order valence-corrected chi connectivity index (χ0v) is 19.0. The second-order valence-corrected chi connectivity index (χ2v) is 8.04. The molecule has 7 heteroatoms. The van der Waals surface area contributed by atoms with Gasteiger partial charge < -0.3 is 23.7 Å². The molecule has 1 aliphatic heterocycles. The molecule has 0 spiro atoms. The first-order chi connectivity index (χ1) is 16.0. The quantitative estimate of drug-likeness (QED) is 0.485. The van der Waals surface area contributed by atoms with E-state index in [-0.39, 0.29) is 25.2 Å². The molecule has 0 saturated carbocycles. The summed E-state index contributed by atoms with van der Waals surface area (Å²) in [4.78, 5) is 30.0. The van der Waals surface area contributed by atoms with Crippen LogP contribution in [0.4, 0.5) is 0 Å². The molecule has 1 aromatic heterocycles. The van der Waals surface area contributed by atoms with Crippen molar-refractivity contribution >= 4 is 11.8 Å². The standard InChI is InChI=1S/C26H28N2O5/c1-3-13-27(26(30)21-10-12-23-24(14-21)32-18-31-23)17-25(29)28(15-20-7-5-4-6-8-20)16-22-11-9-19(2)33-22/h4-12,14H,3,13,15-18H2,1-2H3. The summed E-state index contributed by atoms with van der Waals surface area (Å²) >= 11 is 0. The molecule has 2 aromatic carbocycles. The average Bonchev–Trinajstić information content (AvgIpc) is 3.46. The Morgan fingerprint density at radius 3 is 2.42 bits per heavy atom. The molecule has 2 amide bonds. The predicted octanol–water partition coefficient (Wildman–Crippen LogP) is 4.40. The number of ether oxygens (including phenoxy) is 2. The summed E-state index contributed by atoms with van der Waals surface area (Å²) < 4.78 is 16.5. The van der Waals surface area contributed by atoms with Crippen molar-refractivity contribution in [2.75, 3.05) is 19.9 Å². The summed E-state index contributed by atoms with van der Waals surface area (Å²) in [5, 5.41) is 0. The molecule has 0 radical (unpaired) electrons. The Hall–Kier alpha value is -3.74. The summed E-state index contributed by atoms with van der Waals surface area (Å²) in [7, 11) is 0. The third-order valence-corrected chi connectivity index (χ3v) is 5.44. The Kier molecular flexibility index (Phi) is 6.98. The molecular formula is C26H28N2O5. The number of nitrogens with zero attached hydrogens (tertiary/aromatic N) is 2. The molecule has 0 fully saturated rings. The highest BCUT2D eigenvalue weighted by Crippen LogP contribution is 2.32. The maximum Gasteiger partial charge on any atom is 0.254 e. The van der Waals surface area contributed by atoms with Gasteiger partial charge >= 0.3 is 0 Å². The normalized spacial score (nSPS) is 11.9. The van der Waals surface area contributed by atoms with Crippen LogP contribution in [0.1, 0.15) is 40.8 Å². The summed E-state index contributed by atoms with van der Waals surface area (Å²) in [6.45, 7) is 5.21. The summed E-state index contributed by atoms with van der Waals surface area (Å²) in [5.41, 5.74) is 1.48. The van der Waals surface area contributed by atoms with E-state index in [1.54, 1.807) is 28.0 Å². The van der Waals surface area contributed by atoms with Gasteiger partial charge in [-0.25, -0.2) is 0 Å². The topological polar surface area (TPSA) is 72.2 Å². The van der Waals surface area contributed by atoms with Crippen molar-refractivity contribution < 1.29 is 23.5 Å². The monoisotopic (exact) mass is 448 g/mol. The Balaban J connectivity index is 1.52. The SMILES string of the molecule is CCCN(CC(=O)N(Cc1ccccc1)Cc1ccc(C)o1)C(=O)c1ccc2c(c1)OCO2. The number of hydrogen-bond acceptors (Lipinski definition) is 5. The Morgan fingerprint density at radius 2 is 1.70 bits per heavy atom. The predicted molar refractivity (Wildman–Crippen MR) is 123 cm³/mol. The highest BCUT2D eigenvalue weighted by atomic mass is 16.7. The highest BCUT2D eigenvalue weighted by molar-refractivity contribution is 5.97. The molecule has 3 aromatic rings. The molecule has 0 bridgehead atoms. The van der Waals surface area contributed by atoms with Crippen LogP contribution in [0.3, 0.4) is 0 Å². The number of amides is 2. The summed E-state index contributed by atoms with van der Waals surface area (Å²) in [6, 6.07) is 18.7. The van der Waals surface area contributed by atoms with Crippen molar-refractivity contribution in [2.24, 2.45) is 0 Å². The van der Waals surface area contributed by atoms with Gasteiger partial charge in [0.05, 0.1) is 6.54 Å². The molecule has 1 aliphatic rings. The van der Waals surface area contributed by atoms with Crippen LogP contribution in [-0.4, -0.2) is 41.5 Å². The van der Waals surface area contributed by atoms with Crippen LogP contribution in [0.5, 0.6) is 11.5 Å². The third-order valence-electron chi connectivity index (χ3n) is 5.44. The lowest BCUT2D eigenvalue weighted by molar-refractivity contribution is -0.133. The molecule has 2 heterocycles. The van der Waals surface area contributed by atoms with Crippen LogP contribution < -0.4 is 9.47 Å². The second-order valence-electron chi connectivity index (χ2n) is 8.04. The fourth-order valence-electron chi connectivity index (χ4n) is 3.79. The number of furan rings is 1. The van der Waals surface area contributed by atoms with Crippen LogP contribution in [0.2, 0.25) is 0 Å². The fraction of sp³-hybridized carbons (Fsp3) is 0.308. The van der Waals surface area contributed by atoms with Crippen molar-refractivity contribution in [3.05, 3.63) is 83.3 Å². The van der Waals surface area contributed by atoms with E-state index in [1.807, 2.05) is 56.3 Å². The van der Waals surface area contributed by atoms with Gasteiger partial charge in [0.15, 0.2) is 11.5 Å². The van der Waals surface area contributed by atoms with E-state index in [2.05, 4.69) is 0 Å². The summed E-state index contributed by atoms with van der Waals surface area (Å²) in [6.07, 6.45) is 0.736. The lowest BCUT2D eigenvalue weighted by Crippen LogP contribution is -2.42. The number of rotatable bonds is 9. The molecule has 7 nitrogen and oxygen atoms in total. The Morgan fingerprint density at radius 1 is 0.909 bits per heavy atom. The van der Waals surface area contributed by atoms with Crippen molar-refractivity contribution in [3.63, 3.8) is 0 Å². The minimum atomic E-state index is -0.211. The maximum atomic E-state index is 13.4. The van der Waals surface area contributed by atoms with Crippen molar-refractivity contribution in [3.8, 4) is 11.5 Å². The molecule has 4 rings (SSSR count). The van der Waals surface area contributed by atoms with E-state index in [0.29, 0.717) is 42.5 Å². The molecule has 0 unspecified atom stereocenters. The molecular weight excluding hydrogens is 420 g/mol. The molecule has 0 atom stereocenters. The van der Waals surface area contributed by atoms with Gasteiger partial charge in [0.1, 0.15) is 18.1 Å².